The Labute approximate surface area is 137 Å². The van der Waals surface area contributed by atoms with Gasteiger partial charge in [-0.2, -0.15) is 0 Å². The molecule has 0 saturated carbocycles. The summed E-state index contributed by atoms with van der Waals surface area (Å²) in [5.41, 5.74) is 2.95. The number of carbonyl (C=O) groups is 2. The summed E-state index contributed by atoms with van der Waals surface area (Å²) in [6.07, 6.45) is 0.756. The van der Waals surface area contributed by atoms with E-state index >= 15 is 0 Å². The van der Waals surface area contributed by atoms with Gasteiger partial charge in [-0.25, -0.2) is 4.79 Å². The molecule has 1 atom stereocenters. The number of carboxylic acids is 1. The summed E-state index contributed by atoms with van der Waals surface area (Å²) >= 11 is 1.48. The second kappa shape index (κ2) is 6.04. The second-order valence-electron chi connectivity index (χ2n) is 5.54. The molecule has 1 unspecified atom stereocenters. The number of rotatable bonds is 4. The molecule has 1 aliphatic rings. The zero-order valence-electron chi connectivity index (χ0n) is 12.9. The molecule has 0 radical (unpaired) electrons. The normalized spacial score (nSPS) is 14.0. The molecule has 3 rings (SSSR count). The van der Waals surface area contributed by atoms with E-state index in [9.17, 15) is 14.7 Å². The van der Waals surface area contributed by atoms with Crippen LogP contribution >= 0.6 is 11.3 Å². The van der Waals surface area contributed by atoms with Crippen molar-refractivity contribution in [3.05, 3.63) is 50.7 Å². The fourth-order valence-corrected chi connectivity index (χ4v) is 3.49. The van der Waals surface area contributed by atoms with Gasteiger partial charge in [0.15, 0.2) is 6.04 Å². The van der Waals surface area contributed by atoms with Crippen molar-refractivity contribution in [2.45, 2.75) is 26.3 Å². The molecule has 5 nitrogen and oxygen atoms in total. The number of ether oxygens (including phenoxy) is 1. The van der Waals surface area contributed by atoms with Crippen LogP contribution in [0.25, 0.3) is 0 Å². The number of benzene rings is 1. The number of fused-ring (bicyclic) bond motifs is 1. The fraction of sp³-hybridized carbons (Fsp3) is 0.294. The Kier molecular flexibility index (Phi) is 4.09. The topological polar surface area (TPSA) is 75.6 Å². The van der Waals surface area contributed by atoms with E-state index < -0.39 is 12.0 Å². The number of amides is 1. The molecule has 1 aromatic carbocycles. The van der Waals surface area contributed by atoms with Gasteiger partial charge in [0.25, 0.3) is 5.91 Å². The second-order valence-corrected chi connectivity index (χ2v) is 6.62. The molecule has 0 spiro atoms. The number of carboxylic acid groups (broad SMARTS) is 1. The van der Waals surface area contributed by atoms with Crippen molar-refractivity contribution in [3.8, 4) is 5.75 Å². The highest BCUT2D eigenvalue weighted by Gasteiger charge is 2.25. The van der Waals surface area contributed by atoms with Crippen molar-refractivity contribution in [2.75, 3.05) is 6.61 Å². The van der Waals surface area contributed by atoms with E-state index in [4.69, 9.17) is 4.74 Å². The number of nitrogens with one attached hydrogen (secondary N) is 1. The third kappa shape index (κ3) is 2.94. The summed E-state index contributed by atoms with van der Waals surface area (Å²) in [7, 11) is 0. The molecule has 120 valence electrons. The minimum atomic E-state index is -1.08. The Morgan fingerprint density at radius 2 is 2.13 bits per heavy atom. The minimum absolute atomic E-state index is 0.365. The molecular formula is C17H17NO4S. The lowest BCUT2D eigenvalue weighted by molar-refractivity contribution is -0.139. The van der Waals surface area contributed by atoms with Gasteiger partial charge in [-0.15, -0.1) is 11.3 Å². The summed E-state index contributed by atoms with van der Waals surface area (Å²) in [6.45, 7) is 4.41. The van der Waals surface area contributed by atoms with Gasteiger partial charge in [0, 0.05) is 16.7 Å². The van der Waals surface area contributed by atoms with E-state index in [0.29, 0.717) is 17.7 Å². The maximum Gasteiger partial charge on any atom is 0.330 e. The number of hydrogen-bond donors (Lipinski definition) is 2. The first kappa shape index (κ1) is 15.6. The molecule has 6 heteroatoms. The summed E-state index contributed by atoms with van der Waals surface area (Å²) in [5.74, 6) is -0.661. The molecule has 1 aliphatic heterocycles. The van der Waals surface area contributed by atoms with Crippen LogP contribution in [0.2, 0.25) is 0 Å². The predicted molar refractivity (Wildman–Crippen MR) is 87.3 cm³/mol. The van der Waals surface area contributed by atoms with Crippen molar-refractivity contribution in [1.82, 2.24) is 5.32 Å². The Morgan fingerprint density at radius 3 is 2.78 bits per heavy atom. The third-order valence-corrected chi connectivity index (χ3v) is 5.11. The predicted octanol–water partition coefficient (Wildman–Crippen LogP) is 2.86. The number of carbonyl (C=O) groups excluding carboxylic acids is 1. The first-order chi connectivity index (χ1) is 11.0. The molecule has 1 amide bonds. The zero-order chi connectivity index (χ0) is 16.6. The summed E-state index contributed by atoms with van der Waals surface area (Å²) in [4.78, 5) is 25.1. The summed E-state index contributed by atoms with van der Waals surface area (Å²) in [5, 5.41) is 13.9. The Balaban J connectivity index is 1.86. The van der Waals surface area contributed by atoms with Crippen LogP contribution in [-0.2, 0) is 11.2 Å². The van der Waals surface area contributed by atoms with E-state index in [1.807, 2.05) is 13.8 Å². The van der Waals surface area contributed by atoms with Crippen LogP contribution in [0.4, 0.5) is 0 Å². The average molecular weight is 331 g/mol. The van der Waals surface area contributed by atoms with Gasteiger partial charge in [-0.1, -0.05) is 6.07 Å². The van der Waals surface area contributed by atoms with Gasteiger partial charge in [-0.05, 0) is 42.7 Å². The van der Waals surface area contributed by atoms with E-state index in [2.05, 4.69) is 5.32 Å². The van der Waals surface area contributed by atoms with Gasteiger partial charge < -0.3 is 15.2 Å². The first-order valence-electron chi connectivity index (χ1n) is 7.31. The van der Waals surface area contributed by atoms with Crippen molar-refractivity contribution in [2.24, 2.45) is 0 Å². The first-order valence-corrected chi connectivity index (χ1v) is 8.19. The molecule has 23 heavy (non-hydrogen) atoms. The SMILES string of the molecule is Cc1scc(C(=O)NC(C(=O)O)c2ccc3c(c2)CCO3)c1C. The van der Waals surface area contributed by atoms with E-state index in [1.165, 1.54) is 11.3 Å². The van der Waals surface area contributed by atoms with E-state index in [1.54, 1.807) is 23.6 Å². The summed E-state index contributed by atoms with van der Waals surface area (Å²) < 4.78 is 5.43. The van der Waals surface area contributed by atoms with Gasteiger partial charge in [0.05, 0.1) is 12.2 Å². The van der Waals surface area contributed by atoms with Crippen LogP contribution < -0.4 is 10.1 Å². The van der Waals surface area contributed by atoms with Gasteiger partial charge in [-0.3, -0.25) is 4.79 Å². The maximum atomic E-state index is 12.4. The number of aryl methyl sites for hydroxylation is 1. The molecule has 2 aromatic rings. The molecule has 2 N–H and O–H groups in total. The lowest BCUT2D eigenvalue weighted by Gasteiger charge is -2.16. The lowest BCUT2D eigenvalue weighted by atomic mass is 10.0. The zero-order valence-corrected chi connectivity index (χ0v) is 13.7. The van der Waals surface area contributed by atoms with Crippen LogP contribution in [0.15, 0.2) is 23.6 Å². The van der Waals surface area contributed by atoms with Crippen molar-refractivity contribution < 1.29 is 19.4 Å². The number of aliphatic carboxylic acids is 1. The largest absolute Gasteiger partial charge is 0.493 e. The molecule has 2 heterocycles. The fourth-order valence-electron chi connectivity index (χ4n) is 2.62. The smallest absolute Gasteiger partial charge is 0.330 e. The van der Waals surface area contributed by atoms with Crippen molar-refractivity contribution >= 4 is 23.2 Å². The molecular weight excluding hydrogens is 314 g/mol. The standard InChI is InChI=1S/C17H17NO4S/c1-9-10(2)23-8-13(9)16(19)18-15(17(20)21)12-3-4-14-11(7-12)5-6-22-14/h3-4,7-8,15H,5-6H2,1-2H3,(H,18,19)(H,20,21). The highest BCUT2D eigenvalue weighted by molar-refractivity contribution is 7.10. The monoisotopic (exact) mass is 331 g/mol. The van der Waals surface area contributed by atoms with Crippen LogP contribution in [0, 0.1) is 13.8 Å². The molecule has 0 fully saturated rings. The minimum Gasteiger partial charge on any atom is -0.493 e. The van der Waals surface area contributed by atoms with Crippen molar-refractivity contribution in [1.29, 1.82) is 0 Å². The highest BCUT2D eigenvalue weighted by Crippen LogP contribution is 2.29. The Morgan fingerprint density at radius 1 is 1.35 bits per heavy atom. The maximum absolute atomic E-state index is 12.4. The van der Waals surface area contributed by atoms with E-state index in [-0.39, 0.29) is 5.91 Å². The van der Waals surface area contributed by atoms with Gasteiger partial charge in [0.1, 0.15) is 5.75 Å². The Hall–Kier alpha value is -2.34. The molecule has 1 aromatic heterocycles. The average Bonchev–Trinajstić information content (AvgIpc) is 3.11. The summed E-state index contributed by atoms with van der Waals surface area (Å²) in [6, 6.07) is 4.18. The van der Waals surface area contributed by atoms with Crippen LogP contribution in [-0.4, -0.2) is 23.6 Å². The molecule has 0 saturated heterocycles. The van der Waals surface area contributed by atoms with Gasteiger partial charge in [0.2, 0.25) is 0 Å². The third-order valence-electron chi connectivity index (χ3n) is 4.10. The Bertz CT molecular complexity index is 781. The lowest BCUT2D eigenvalue weighted by Crippen LogP contribution is -2.33. The van der Waals surface area contributed by atoms with Crippen LogP contribution in [0.3, 0.4) is 0 Å². The number of thiophene rings is 1. The van der Waals surface area contributed by atoms with E-state index in [0.717, 1.165) is 28.2 Å². The molecule has 0 aliphatic carbocycles. The quantitative estimate of drug-likeness (QED) is 0.903. The molecule has 0 bridgehead atoms. The van der Waals surface area contributed by atoms with Gasteiger partial charge >= 0.3 is 5.97 Å². The van der Waals surface area contributed by atoms with Crippen LogP contribution in [0.1, 0.15) is 38.0 Å². The van der Waals surface area contributed by atoms with Crippen LogP contribution in [0.5, 0.6) is 5.75 Å². The van der Waals surface area contributed by atoms with Crippen molar-refractivity contribution in [3.63, 3.8) is 0 Å². The highest BCUT2D eigenvalue weighted by atomic mass is 32.1. The number of hydrogen-bond acceptors (Lipinski definition) is 4.